The molecular weight excluding hydrogens is 258 g/mol. The van der Waals surface area contributed by atoms with Gasteiger partial charge in [0.05, 0.1) is 0 Å². The van der Waals surface area contributed by atoms with E-state index < -0.39 is 0 Å². The van der Waals surface area contributed by atoms with E-state index in [-0.39, 0.29) is 0 Å². The number of carbonyl (C=O) groups excluding carboxylic acids is 1. The van der Waals surface area contributed by atoms with Crippen molar-refractivity contribution in [1.82, 2.24) is 4.90 Å². The van der Waals surface area contributed by atoms with Gasteiger partial charge in [-0.1, -0.05) is 47.5 Å². The number of carbonyl (C=O) groups is 1. The van der Waals surface area contributed by atoms with Crippen LogP contribution in [0.5, 0.6) is 0 Å². The van der Waals surface area contributed by atoms with E-state index in [0.29, 0.717) is 11.7 Å². The summed E-state index contributed by atoms with van der Waals surface area (Å²) in [7, 11) is 0. The third kappa shape index (κ3) is 7.99. The molecule has 0 amide bonds. The van der Waals surface area contributed by atoms with Gasteiger partial charge in [-0.25, -0.2) is 0 Å². The highest BCUT2D eigenvalue weighted by atomic mass is 16.1. The van der Waals surface area contributed by atoms with E-state index in [2.05, 4.69) is 11.8 Å². The van der Waals surface area contributed by atoms with Crippen LogP contribution in [0.15, 0.2) is 0 Å². The van der Waals surface area contributed by atoms with Crippen molar-refractivity contribution in [2.45, 2.75) is 80.1 Å². The van der Waals surface area contributed by atoms with Crippen molar-refractivity contribution in [3.63, 3.8) is 0 Å². The monoisotopic (exact) mass is 297 g/mol. The van der Waals surface area contributed by atoms with Crippen molar-refractivity contribution in [1.29, 1.82) is 0 Å². The topological polar surface area (TPSA) is 20.3 Å². The van der Waals surface area contributed by atoms with Gasteiger partial charge in [0.15, 0.2) is 0 Å². The first-order valence-electron chi connectivity index (χ1n) is 9.38. The van der Waals surface area contributed by atoms with Crippen LogP contribution >= 0.6 is 0 Å². The maximum Gasteiger partial charge on any atom is 0.133 e. The van der Waals surface area contributed by atoms with Crippen LogP contribution in [-0.4, -0.2) is 30.3 Å². The second kappa shape index (κ2) is 12.2. The van der Waals surface area contributed by atoms with Gasteiger partial charge >= 0.3 is 0 Å². The quantitative estimate of drug-likeness (QED) is 0.716. The lowest BCUT2D eigenvalue weighted by atomic mass is 9.82. The Morgan fingerprint density at radius 3 is 1.81 bits per heavy atom. The number of hydrogen-bond donors (Lipinski definition) is 0. The molecule has 1 aliphatic heterocycles. The summed E-state index contributed by atoms with van der Waals surface area (Å²) in [5, 5.41) is 0. The van der Waals surface area contributed by atoms with Gasteiger partial charge in [-0.2, -0.15) is 0 Å². The summed E-state index contributed by atoms with van der Waals surface area (Å²) in [4.78, 5) is 13.9. The molecule has 0 aromatic rings. The van der Waals surface area contributed by atoms with Crippen molar-refractivity contribution >= 4 is 5.78 Å². The number of nitrogens with zero attached hydrogens (tertiary/aromatic N) is 1. The van der Waals surface area contributed by atoms with Crippen LogP contribution in [-0.2, 0) is 4.79 Å². The molecule has 0 unspecified atom stereocenters. The molecule has 126 valence electrons. The third-order valence-electron chi connectivity index (χ3n) is 4.81. The fourth-order valence-corrected chi connectivity index (χ4v) is 3.40. The van der Waals surface area contributed by atoms with E-state index in [1.807, 2.05) is 27.7 Å². The molecule has 0 spiro atoms. The first-order valence-corrected chi connectivity index (χ1v) is 9.38. The number of hydrogen-bond acceptors (Lipinski definition) is 2. The smallest absolute Gasteiger partial charge is 0.133 e. The molecule has 0 radical (unpaired) electrons. The van der Waals surface area contributed by atoms with E-state index in [0.717, 1.165) is 37.8 Å². The van der Waals surface area contributed by atoms with E-state index >= 15 is 0 Å². The van der Waals surface area contributed by atoms with Crippen LogP contribution in [0.4, 0.5) is 0 Å². The molecule has 1 aliphatic carbocycles. The Balaban J connectivity index is 0.000000921. The van der Waals surface area contributed by atoms with E-state index in [1.54, 1.807) is 6.92 Å². The Morgan fingerprint density at radius 2 is 1.38 bits per heavy atom. The molecular formula is C19H39NO. The molecule has 21 heavy (non-hydrogen) atoms. The Labute approximate surface area is 133 Å². The van der Waals surface area contributed by atoms with Gasteiger partial charge in [0.1, 0.15) is 5.78 Å². The zero-order valence-electron chi connectivity index (χ0n) is 15.5. The molecule has 2 fully saturated rings. The minimum absolute atomic E-state index is 0.359. The Kier molecular flexibility index (Phi) is 12.0. The molecule has 2 nitrogen and oxygen atoms in total. The molecule has 0 aromatic carbocycles. The van der Waals surface area contributed by atoms with Crippen molar-refractivity contribution < 1.29 is 4.79 Å². The van der Waals surface area contributed by atoms with Crippen molar-refractivity contribution in [3.05, 3.63) is 0 Å². The molecule has 1 heterocycles. The summed E-state index contributed by atoms with van der Waals surface area (Å²) in [6.45, 7) is 15.7. The highest BCUT2D eigenvalue weighted by Gasteiger charge is 2.25. The summed E-state index contributed by atoms with van der Waals surface area (Å²) in [5.41, 5.74) is 0. The normalized spacial score (nSPS) is 27.0. The van der Waals surface area contributed by atoms with Gasteiger partial charge in [-0.3, -0.25) is 4.79 Å². The second-order valence-electron chi connectivity index (χ2n) is 6.31. The fraction of sp³-hybridized carbons (Fsp3) is 0.947. The van der Waals surface area contributed by atoms with Crippen LogP contribution in [0.3, 0.4) is 0 Å². The predicted molar refractivity (Wildman–Crippen MR) is 93.7 cm³/mol. The third-order valence-corrected chi connectivity index (χ3v) is 4.81. The highest BCUT2D eigenvalue weighted by Crippen LogP contribution is 2.29. The van der Waals surface area contributed by atoms with Crippen LogP contribution in [0.25, 0.3) is 0 Å². The van der Waals surface area contributed by atoms with Crippen LogP contribution < -0.4 is 0 Å². The zero-order chi connectivity index (χ0) is 16.3. The number of piperidine rings is 1. The standard InChI is InChI=1S/C15H27NO.2C2H6/c1-12-3-5-14(6-4-12)11-16-9-7-15(8-10-16)13(2)17;2*1-2/h12,14-15H,3-11H2,1-2H3;2*1-2H3. The molecule has 2 heteroatoms. The van der Waals surface area contributed by atoms with Crippen LogP contribution in [0.2, 0.25) is 0 Å². The van der Waals surface area contributed by atoms with Gasteiger partial charge in [0, 0.05) is 12.5 Å². The Hall–Kier alpha value is -0.370. The molecule has 1 saturated heterocycles. The van der Waals surface area contributed by atoms with E-state index in [4.69, 9.17) is 0 Å². The Bertz CT molecular complexity index is 248. The van der Waals surface area contributed by atoms with E-state index in [9.17, 15) is 4.79 Å². The zero-order valence-corrected chi connectivity index (χ0v) is 15.5. The molecule has 0 bridgehead atoms. The first kappa shape index (κ1) is 20.6. The number of rotatable bonds is 3. The highest BCUT2D eigenvalue weighted by molar-refractivity contribution is 5.78. The summed E-state index contributed by atoms with van der Waals surface area (Å²) >= 11 is 0. The Morgan fingerprint density at radius 1 is 0.905 bits per heavy atom. The minimum atomic E-state index is 0.359. The predicted octanol–water partition coefficient (Wildman–Crippen LogP) is 5.17. The lowest BCUT2D eigenvalue weighted by Crippen LogP contribution is -2.39. The fourth-order valence-electron chi connectivity index (χ4n) is 3.40. The molecule has 2 rings (SSSR count). The second-order valence-corrected chi connectivity index (χ2v) is 6.31. The van der Waals surface area contributed by atoms with E-state index in [1.165, 1.54) is 32.2 Å². The van der Waals surface area contributed by atoms with Gasteiger partial charge in [0.2, 0.25) is 0 Å². The molecule has 1 saturated carbocycles. The first-order chi connectivity index (χ1) is 10.1. The molecule has 0 atom stereocenters. The maximum absolute atomic E-state index is 11.3. The lowest BCUT2D eigenvalue weighted by molar-refractivity contribution is -0.122. The summed E-state index contributed by atoms with van der Waals surface area (Å²) in [6.07, 6.45) is 7.89. The van der Waals surface area contributed by atoms with Gasteiger partial charge in [-0.05, 0) is 57.5 Å². The summed E-state index contributed by atoms with van der Waals surface area (Å²) < 4.78 is 0. The van der Waals surface area contributed by atoms with Gasteiger partial charge in [0.25, 0.3) is 0 Å². The number of ketones is 1. The molecule has 2 aliphatic rings. The van der Waals surface area contributed by atoms with Crippen molar-refractivity contribution in [2.24, 2.45) is 17.8 Å². The number of likely N-dealkylation sites (tertiary alicyclic amines) is 1. The van der Waals surface area contributed by atoms with Crippen LogP contribution in [0, 0.1) is 17.8 Å². The largest absolute Gasteiger partial charge is 0.303 e. The summed E-state index contributed by atoms with van der Waals surface area (Å²) in [6, 6.07) is 0. The average Bonchev–Trinajstić information content (AvgIpc) is 2.54. The van der Waals surface area contributed by atoms with Gasteiger partial charge < -0.3 is 4.90 Å². The van der Waals surface area contributed by atoms with Crippen LogP contribution in [0.1, 0.15) is 80.1 Å². The maximum atomic E-state index is 11.3. The van der Waals surface area contributed by atoms with Crippen molar-refractivity contribution in [3.8, 4) is 0 Å². The average molecular weight is 298 g/mol. The summed E-state index contributed by atoms with van der Waals surface area (Å²) in [5.74, 6) is 2.64. The lowest BCUT2D eigenvalue weighted by Gasteiger charge is -2.35. The number of Topliss-reactive ketones (excluding diaryl/α,β-unsaturated/α-hetero) is 1. The van der Waals surface area contributed by atoms with Crippen molar-refractivity contribution in [2.75, 3.05) is 19.6 Å². The van der Waals surface area contributed by atoms with Gasteiger partial charge in [-0.15, -0.1) is 0 Å². The minimum Gasteiger partial charge on any atom is -0.303 e. The molecule has 0 N–H and O–H groups in total. The molecule has 0 aromatic heterocycles. The SMILES string of the molecule is CC.CC.CC(=O)C1CCN(CC2CCC(C)CC2)CC1.